The number of fused-ring (bicyclic) bond motifs is 1. The maximum atomic E-state index is 12.9. The van der Waals surface area contributed by atoms with E-state index >= 15 is 0 Å². The summed E-state index contributed by atoms with van der Waals surface area (Å²) >= 11 is 6.32. The summed E-state index contributed by atoms with van der Waals surface area (Å²) in [6, 6.07) is 11.1. The van der Waals surface area contributed by atoms with E-state index in [1.165, 1.54) is 4.90 Å². The van der Waals surface area contributed by atoms with E-state index in [-0.39, 0.29) is 18.2 Å². The lowest BCUT2D eigenvalue weighted by Crippen LogP contribution is -2.31. The minimum atomic E-state index is -0.262. The van der Waals surface area contributed by atoms with Gasteiger partial charge in [0.15, 0.2) is 11.5 Å². The smallest absolute Gasteiger partial charge is 0.256 e. The summed E-state index contributed by atoms with van der Waals surface area (Å²) in [5.41, 5.74) is 3.10. The molecule has 2 heterocycles. The highest BCUT2D eigenvalue weighted by Gasteiger charge is 2.33. The molecule has 0 aliphatic carbocycles. The summed E-state index contributed by atoms with van der Waals surface area (Å²) in [5, 5.41) is 1.44. The third-order valence-corrected chi connectivity index (χ3v) is 5.56. The standard InChI is InChI=1S/C23H21ClN2O4/c1-29-19-7-6-14(10-20(19)30-2)8-9-26-21(27)12-15(23(26)28)11-16-13-25-18-5-3-4-17(24)22(16)18/h3-7,10-11,13,25H,8-9,12H2,1-2H3. The third-order valence-electron chi connectivity index (χ3n) is 5.25. The van der Waals surface area contributed by atoms with Gasteiger partial charge >= 0.3 is 0 Å². The average Bonchev–Trinajstić information content (AvgIpc) is 3.28. The van der Waals surface area contributed by atoms with Crippen LogP contribution in [0, 0.1) is 0 Å². The van der Waals surface area contributed by atoms with Crippen LogP contribution in [0.25, 0.3) is 17.0 Å². The molecular formula is C23H21ClN2O4. The normalized spacial score (nSPS) is 15.4. The van der Waals surface area contributed by atoms with Crippen molar-refractivity contribution in [1.29, 1.82) is 0 Å². The Kier molecular flexibility index (Phi) is 5.50. The highest BCUT2D eigenvalue weighted by atomic mass is 35.5. The van der Waals surface area contributed by atoms with Crippen molar-refractivity contribution in [1.82, 2.24) is 9.88 Å². The van der Waals surface area contributed by atoms with Crippen molar-refractivity contribution in [3.8, 4) is 11.5 Å². The van der Waals surface area contributed by atoms with E-state index in [9.17, 15) is 9.59 Å². The van der Waals surface area contributed by atoms with Gasteiger partial charge < -0.3 is 14.5 Å². The number of halogens is 1. The zero-order chi connectivity index (χ0) is 21.3. The quantitative estimate of drug-likeness (QED) is 0.475. The summed E-state index contributed by atoms with van der Waals surface area (Å²) in [6.07, 6.45) is 4.17. The van der Waals surface area contributed by atoms with Gasteiger partial charge in [-0.25, -0.2) is 0 Å². The number of benzene rings is 2. The zero-order valence-corrected chi connectivity index (χ0v) is 17.5. The van der Waals surface area contributed by atoms with Crippen LogP contribution in [0.2, 0.25) is 5.02 Å². The lowest BCUT2D eigenvalue weighted by Gasteiger charge is -2.14. The second-order valence-corrected chi connectivity index (χ2v) is 7.45. The first kappa shape index (κ1) is 20.0. The number of carbonyl (C=O) groups excluding carboxylic acids is 2. The number of ether oxygens (including phenoxy) is 2. The van der Waals surface area contributed by atoms with Gasteiger partial charge in [-0.2, -0.15) is 0 Å². The molecule has 3 aromatic rings. The highest BCUT2D eigenvalue weighted by Crippen LogP contribution is 2.31. The molecule has 0 spiro atoms. The van der Waals surface area contributed by atoms with Crippen molar-refractivity contribution >= 4 is 40.4 Å². The monoisotopic (exact) mass is 424 g/mol. The van der Waals surface area contributed by atoms with Gasteiger partial charge in [0.25, 0.3) is 5.91 Å². The Morgan fingerprint density at radius 1 is 1.13 bits per heavy atom. The Labute approximate surface area is 179 Å². The van der Waals surface area contributed by atoms with Crippen LogP contribution in [-0.4, -0.2) is 42.5 Å². The van der Waals surface area contributed by atoms with Crippen LogP contribution in [-0.2, 0) is 16.0 Å². The Hall–Kier alpha value is -3.25. The van der Waals surface area contributed by atoms with E-state index in [1.807, 2.05) is 30.3 Å². The third kappa shape index (κ3) is 3.66. The first-order chi connectivity index (χ1) is 14.5. The van der Waals surface area contributed by atoms with Crippen LogP contribution in [0.3, 0.4) is 0 Å². The molecule has 4 rings (SSSR count). The van der Waals surface area contributed by atoms with Gasteiger partial charge in [-0.05, 0) is 42.3 Å². The number of hydrogen-bond donors (Lipinski definition) is 1. The molecular weight excluding hydrogens is 404 g/mol. The van der Waals surface area contributed by atoms with Crippen molar-refractivity contribution in [2.75, 3.05) is 20.8 Å². The van der Waals surface area contributed by atoms with E-state index in [2.05, 4.69) is 4.98 Å². The van der Waals surface area contributed by atoms with E-state index < -0.39 is 0 Å². The Balaban J connectivity index is 1.52. The van der Waals surface area contributed by atoms with E-state index in [0.717, 1.165) is 22.0 Å². The van der Waals surface area contributed by atoms with Gasteiger partial charge in [-0.3, -0.25) is 14.5 Å². The fourth-order valence-electron chi connectivity index (χ4n) is 3.70. The van der Waals surface area contributed by atoms with Crippen molar-refractivity contribution in [2.45, 2.75) is 12.8 Å². The van der Waals surface area contributed by atoms with Crippen LogP contribution in [0.15, 0.2) is 48.2 Å². The molecule has 1 aromatic heterocycles. The van der Waals surface area contributed by atoms with Gasteiger partial charge in [-0.1, -0.05) is 23.7 Å². The number of amides is 2. The molecule has 30 heavy (non-hydrogen) atoms. The number of H-pyrrole nitrogens is 1. The molecule has 1 saturated heterocycles. The van der Waals surface area contributed by atoms with Gasteiger partial charge in [0.1, 0.15) is 0 Å². The Morgan fingerprint density at radius 3 is 2.70 bits per heavy atom. The van der Waals surface area contributed by atoms with Crippen LogP contribution < -0.4 is 9.47 Å². The molecule has 1 N–H and O–H groups in total. The van der Waals surface area contributed by atoms with Gasteiger partial charge in [0.2, 0.25) is 5.91 Å². The van der Waals surface area contributed by atoms with Crippen LogP contribution in [0.1, 0.15) is 17.5 Å². The number of aromatic amines is 1. The van der Waals surface area contributed by atoms with Crippen molar-refractivity contribution < 1.29 is 19.1 Å². The fraction of sp³-hybridized carbons (Fsp3) is 0.217. The molecule has 154 valence electrons. The summed E-state index contributed by atoms with van der Waals surface area (Å²) in [5.74, 6) is 0.794. The molecule has 6 nitrogen and oxygen atoms in total. The Bertz CT molecular complexity index is 1170. The number of aromatic nitrogens is 1. The molecule has 1 fully saturated rings. The zero-order valence-electron chi connectivity index (χ0n) is 16.7. The van der Waals surface area contributed by atoms with Crippen molar-refractivity contribution in [3.05, 3.63) is 64.3 Å². The van der Waals surface area contributed by atoms with Crippen LogP contribution >= 0.6 is 11.6 Å². The summed E-state index contributed by atoms with van der Waals surface area (Å²) in [6.45, 7) is 0.305. The largest absolute Gasteiger partial charge is 0.493 e. The Morgan fingerprint density at radius 2 is 1.93 bits per heavy atom. The van der Waals surface area contributed by atoms with Crippen LogP contribution in [0.5, 0.6) is 11.5 Å². The van der Waals surface area contributed by atoms with Crippen molar-refractivity contribution in [3.63, 3.8) is 0 Å². The van der Waals surface area contributed by atoms with Crippen LogP contribution in [0.4, 0.5) is 0 Å². The van der Waals surface area contributed by atoms with E-state index in [1.54, 1.807) is 32.6 Å². The summed E-state index contributed by atoms with van der Waals surface area (Å²) in [7, 11) is 3.15. The molecule has 0 atom stereocenters. The maximum absolute atomic E-state index is 12.9. The first-order valence-corrected chi connectivity index (χ1v) is 9.91. The first-order valence-electron chi connectivity index (χ1n) is 9.53. The predicted molar refractivity (Wildman–Crippen MR) is 116 cm³/mol. The second kappa shape index (κ2) is 8.24. The number of carbonyl (C=O) groups is 2. The molecule has 0 bridgehead atoms. The lowest BCUT2D eigenvalue weighted by molar-refractivity contribution is -0.137. The van der Waals surface area contributed by atoms with Gasteiger partial charge in [0, 0.05) is 34.8 Å². The number of likely N-dealkylation sites (tertiary alicyclic amines) is 1. The molecule has 1 aliphatic rings. The molecule has 0 radical (unpaired) electrons. The molecule has 7 heteroatoms. The molecule has 1 aliphatic heterocycles. The SMILES string of the molecule is COc1ccc(CCN2C(=O)CC(=Cc3c[nH]c4cccc(Cl)c34)C2=O)cc1OC. The molecule has 2 amide bonds. The summed E-state index contributed by atoms with van der Waals surface area (Å²) < 4.78 is 10.6. The average molecular weight is 425 g/mol. The number of imide groups is 1. The highest BCUT2D eigenvalue weighted by molar-refractivity contribution is 6.36. The molecule has 0 unspecified atom stereocenters. The predicted octanol–water partition coefficient (Wildman–Crippen LogP) is 4.22. The van der Waals surface area contributed by atoms with Crippen molar-refractivity contribution in [2.24, 2.45) is 0 Å². The number of nitrogens with one attached hydrogen (secondary N) is 1. The topological polar surface area (TPSA) is 71.6 Å². The van der Waals surface area contributed by atoms with E-state index in [4.69, 9.17) is 21.1 Å². The fourth-order valence-corrected chi connectivity index (χ4v) is 3.99. The minimum absolute atomic E-state index is 0.0852. The summed E-state index contributed by atoms with van der Waals surface area (Å²) in [4.78, 5) is 29.8. The number of rotatable bonds is 6. The minimum Gasteiger partial charge on any atom is -0.493 e. The molecule has 2 aromatic carbocycles. The maximum Gasteiger partial charge on any atom is 0.256 e. The second-order valence-electron chi connectivity index (χ2n) is 7.04. The molecule has 0 saturated carbocycles. The number of nitrogens with zero attached hydrogens (tertiary/aromatic N) is 1. The van der Waals surface area contributed by atoms with Gasteiger partial charge in [-0.15, -0.1) is 0 Å². The number of hydrogen-bond acceptors (Lipinski definition) is 4. The van der Waals surface area contributed by atoms with Gasteiger partial charge in [0.05, 0.1) is 25.7 Å². The lowest BCUT2D eigenvalue weighted by atomic mass is 10.1. The van der Waals surface area contributed by atoms with E-state index in [0.29, 0.717) is 35.1 Å². The number of methoxy groups -OCH3 is 2.